The van der Waals surface area contributed by atoms with Crippen molar-refractivity contribution in [2.75, 3.05) is 0 Å². The van der Waals surface area contributed by atoms with Crippen molar-refractivity contribution in [1.29, 1.82) is 5.41 Å². The van der Waals surface area contributed by atoms with Gasteiger partial charge in [0.05, 0.1) is 5.75 Å². The van der Waals surface area contributed by atoms with Crippen LogP contribution in [0.15, 0.2) is 10.9 Å². The molecular formula is C4H6N4OS. The van der Waals surface area contributed by atoms with E-state index in [2.05, 4.69) is 14.7 Å². The number of thioether (sulfide) groups is 1. The maximum Gasteiger partial charge on any atom is 0.213 e. The zero-order valence-electron chi connectivity index (χ0n) is 5.07. The number of nitrogens with two attached hydrogens (primary N) is 1. The Balaban J connectivity index is 2.35. The van der Waals surface area contributed by atoms with Gasteiger partial charge in [-0.1, -0.05) is 16.9 Å². The van der Waals surface area contributed by atoms with Crippen molar-refractivity contribution in [3.05, 3.63) is 12.2 Å². The molecule has 6 heteroatoms. The van der Waals surface area contributed by atoms with Crippen LogP contribution in [0.25, 0.3) is 0 Å². The summed E-state index contributed by atoms with van der Waals surface area (Å²) in [5.74, 6) is 1.05. The quantitative estimate of drug-likeness (QED) is 0.474. The minimum absolute atomic E-state index is 0.0600. The molecule has 1 rings (SSSR count). The highest BCUT2D eigenvalue weighted by atomic mass is 32.2. The molecule has 3 N–H and O–H groups in total. The molecule has 0 aliphatic heterocycles. The normalized spacial score (nSPS) is 9.60. The van der Waals surface area contributed by atoms with E-state index in [1.165, 1.54) is 18.2 Å². The highest BCUT2D eigenvalue weighted by Crippen LogP contribution is 2.05. The fourth-order valence-corrected chi connectivity index (χ4v) is 0.810. The van der Waals surface area contributed by atoms with Crippen molar-refractivity contribution >= 4 is 16.9 Å². The van der Waals surface area contributed by atoms with Crippen molar-refractivity contribution in [1.82, 2.24) is 10.1 Å². The summed E-state index contributed by atoms with van der Waals surface area (Å²) in [6.45, 7) is 0. The largest absolute Gasteiger partial charge is 0.379 e. The molecule has 0 unspecified atom stereocenters. The maximum atomic E-state index is 6.85. The molecule has 1 heterocycles. The Morgan fingerprint density at radius 3 is 3.20 bits per heavy atom. The molecule has 0 aromatic carbocycles. The lowest BCUT2D eigenvalue weighted by molar-refractivity contribution is 0.412. The molecule has 1 aromatic heterocycles. The third-order valence-electron chi connectivity index (χ3n) is 0.764. The molecule has 1 aromatic rings. The van der Waals surface area contributed by atoms with Gasteiger partial charge in [-0.2, -0.15) is 4.98 Å². The van der Waals surface area contributed by atoms with E-state index in [0.717, 1.165) is 0 Å². The van der Waals surface area contributed by atoms with Gasteiger partial charge in [0, 0.05) is 0 Å². The van der Waals surface area contributed by atoms with Gasteiger partial charge < -0.3 is 10.3 Å². The zero-order chi connectivity index (χ0) is 7.40. The molecule has 0 spiro atoms. The molecule has 0 aliphatic rings. The average Bonchev–Trinajstić information content (AvgIpc) is 2.34. The maximum absolute atomic E-state index is 6.85. The van der Waals surface area contributed by atoms with Crippen LogP contribution in [0.1, 0.15) is 5.82 Å². The zero-order valence-corrected chi connectivity index (χ0v) is 5.89. The summed E-state index contributed by atoms with van der Waals surface area (Å²) < 4.78 is 4.46. The van der Waals surface area contributed by atoms with Gasteiger partial charge in [0.25, 0.3) is 0 Å². The van der Waals surface area contributed by atoms with Crippen LogP contribution in [0, 0.1) is 5.41 Å². The third kappa shape index (κ3) is 2.06. The van der Waals surface area contributed by atoms with Crippen LogP contribution in [0.4, 0.5) is 0 Å². The number of aromatic nitrogens is 2. The Morgan fingerprint density at radius 2 is 2.70 bits per heavy atom. The van der Waals surface area contributed by atoms with Crippen LogP contribution in [-0.4, -0.2) is 15.3 Å². The van der Waals surface area contributed by atoms with Crippen molar-refractivity contribution < 1.29 is 4.52 Å². The summed E-state index contributed by atoms with van der Waals surface area (Å²) in [7, 11) is 0. The van der Waals surface area contributed by atoms with Crippen molar-refractivity contribution in [3.8, 4) is 0 Å². The lowest BCUT2D eigenvalue weighted by atomic mass is 10.7. The summed E-state index contributed by atoms with van der Waals surface area (Å²) in [5.41, 5.74) is 5.07. The van der Waals surface area contributed by atoms with Crippen molar-refractivity contribution in [2.45, 2.75) is 5.75 Å². The number of hydrogen-bond donors (Lipinski definition) is 2. The second-order valence-electron chi connectivity index (χ2n) is 1.50. The number of nitrogens with zero attached hydrogens (tertiary/aromatic N) is 2. The van der Waals surface area contributed by atoms with E-state index in [0.29, 0.717) is 11.6 Å². The highest BCUT2D eigenvalue weighted by Gasteiger charge is 1.98. The van der Waals surface area contributed by atoms with Crippen molar-refractivity contribution in [2.24, 2.45) is 5.73 Å². The van der Waals surface area contributed by atoms with Crippen LogP contribution < -0.4 is 5.73 Å². The average molecular weight is 158 g/mol. The monoisotopic (exact) mass is 158 g/mol. The second kappa shape index (κ2) is 3.21. The standard InChI is InChI=1S/C4H6N4OS/c5-4(6)10-1-3-7-2-9-8-3/h2H,1H2,(H3,5,6). The first-order valence-electron chi connectivity index (χ1n) is 2.51. The third-order valence-corrected chi connectivity index (χ3v) is 1.48. The predicted octanol–water partition coefficient (Wildman–Crippen LogP) is 0.196. The minimum atomic E-state index is 0.0600. The minimum Gasteiger partial charge on any atom is -0.379 e. The van der Waals surface area contributed by atoms with Gasteiger partial charge in [-0.3, -0.25) is 5.41 Å². The van der Waals surface area contributed by atoms with Crippen LogP contribution >= 0.6 is 11.8 Å². The summed E-state index contributed by atoms with van der Waals surface area (Å²) in [6.07, 6.45) is 1.25. The molecule has 0 amide bonds. The van der Waals surface area contributed by atoms with Crippen LogP contribution in [-0.2, 0) is 5.75 Å². The van der Waals surface area contributed by atoms with Gasteiger partial charge in [0.15, 0.2) is 11.0 Å². The van der Waals surface area contributed by atoms with Gasteiger partial charge in [0.2, 0.25) is 6.39 Å². The van der Waals surface area contributed by atoms with Gasteiger partial charge in [-0.05, 0) is 0 Å². The van der Waals surface area contributed by atoms with Crippen LogP contribution in [0.5, 0.6) is 0 Å². The lowest BCUT2D eigenvalue weighted by Gasteiger charge is -1.90. The highest BCUT2D eigenvalue weighted by molar-refractivity contribution is 8.12. The van der Waals surface area contributed by atoms with Gasteiger partial charge in [-0.15, -0.1) is 0 Å². The molecule has 0 bridgehead atoms. The van der Waals surface area contributed by atoms with Crippen LogP contribution in [0.3, 0.4) is 0 Å². The molecule has 0 saturated carbocycles. The lowest BCUT2D eigenvalue weighted by Crippen LogP contribution is -2.04. The molecule has 0 aliphatic carbocycles. The fourth-order valence-electron chi connectivity index (χ4n) is 0.398. The Morgan fingerprint density at radius 1 is 1.90 bits per heavy atom. The molecule has 0 saturated heterocycles. The molecule has 5 nitrogen and oxygen atoms in total. The van der Waals surface area contributed by atoms with Gasteiger partial charge in [-0.25, -0.2) is 0 Å². The Hall–Kier alpha value is -1.04. The summed E-state index contributed by atoms with van der Waals surface area (Å²) in [6, 6.07) is 0. The number of nitrogens with one attached hydrogen (secondary N) is 1. The summed E-state index contributed by atoms with van der Waals surface area (Å²) >= 11 is 1.17. The number of rotatable bonds is 2. The van der Waals surface area contributed by atoms with E-state index in [1.807, 2.05) is 0 Å². The molecule has 0 radical (unpaired) electrons. The molecular weight excluding hydrogens is 152 g/mol. The van der Waals surface area contributed by atoms with E-state index >= 15 is 0 Å². The molecule has 0 atom stereocenters. The SMILES string of the molecule is N=C(N)SCc1ncon1. The van der Waals surface area contributed by atoms with Gasteiger partial charge in [0.1, 0.15) is 0 Å². The number of amidine groups is 1. The van der Waals surface area contributed by atoms with Gasteiger partial charge >= 0.3 is 0 Å². The fraction of sp³-hybridized carbons (Fsp3) is 0.250. The molecule has 10 heavy (non-hydrogen) atoms. The first kappa shape index (κ1) is 7.07. The smallest absolute Gasteiger partial charge is 0.213 e. The Kier molecular flexibility index (Phi) is 2.27. The summed E-state index contributed by atoms with van der Waals surface area (Å²) in [4.78, 5) is 3.74. The topological polar surface area (TPSA) is 88.8 Å². The first-order chi connectivity index (χ1) is 4.79. The van der Waals surface area contributed by atoms with E-state index in [4.69, 9.17) is 11.1 Å². The summed E-state index contributed by atoms with van der Waals surface area (Å²) in [5, 5.41) is 10.4. The Labute approximate surface area is 61.5 Å². The second-order valence-corrected chi connectivity index (χ2v) is 2.52. The van der Waals surface area contributed by atoms with Crippen LogP contribution in [0.2, 0.25) is 0 Å². The first-order valence-corrected chi connectivity index (χ1v) is 3.49. The van der Waals surface area contributed by atoms with E-state index in [1.54, 1.807) is 0 Å². The van der Waals surface area contributed by atoms with Crippen molar-refractivity contribution in [3.63, 3.8) is 0 Å². The molecule has 54 valence electrons. The Bertz CT molecular complexity index is 209. The van der Waals surface area contributed by atoms with E-state index in [-0.39, 0.29) is 5.17 Å². The predicted molar refractivity (Wildman–Crippen MR) is 37.5 cm³/mol. The molecule has 0 fully saturated rings. The van der Waals surface area contributed by atoms with E-state index in [9.17, 15) is 0 Å². The van der Waals surface area contributed by atoms with E-state index < -0.39 is 0 Å². The number of hydrogen-bond acceptors (Lipinski definition) is 5.